The van der Waals surface area contributed by atoms with Crippen LogP contribution in [0.2, 0.25) is 0 Å². The van der Waals surface area contributed by atoms with E-state index < -0.39 is 11.6 Å². The molecule has 0 aliphatic carbocycles. The first-order valence-electron chi connectivity index (χ1n) is 4.68. The number of nitrogens with two attached hydrogens (primary N) is 1. The van der Waals surface area contributed by atoms with Crippen LogP contribution in [-0.2, 0) is 0 Å². The molecule has 0 saturated carbocycles. The zero-order valence-corrected chi connectivity index (χ0v) is 9.04. The lowest BCUT2D eigenvalue weighted by molar-refractivity contribution is 0.565. The van der Waals surface area contributed by atoms with Crippen molar-refractivity contribution < 1.29 is 8.78 Å². The topological polar surface area (TPSA) is 65.9 Å². The van der Waals surface area contributed by atoms with Crippen molar-refractivity contribution >= 4 is 11.6 Å². The maximum absolute atomic E-state index is 13.4. The molecule has 4 nitrogen and oxygen atoms in total. The van der Waals surface area contributed by atoms with Crippen LogP contribution in [0.15, 0.2) is 6.07 Å². The van der Waals surface area contributed by atoms with Crippen molar-refractivity contribution in [1.82, 2.24) is 4.98 Å². The van der Waals surface area contributed by atoms with E-state index in [2.05, 4.69) is 4.98 Å². The van der Waals surface area contributed by atoms with Gasteiger partial charge in [0.05, 0.1) is 12.5 Å². The van der Waals surface area contributed by atoms with Crippen LogP contribution in [0.4, 0.5) is 20.4 Å². The van der Waals surface area contributed by atoms with E-state index in [1.807, 2.05) is 6.07 Å². The summed E-state index contributed by atoms with van der Waals surface area (Å²) in [7, 11) is 1.57. The monoisotopic (exact) mass is 226 g/mol. The van der Waals surface area contributed by atoms with Crippen molar-refractivity contribution in [3.8, 4) is 6.07 Å². The standard InChI is InChI=1S/C10H12F2N4/c1-6(3-4-13)16(2)10-8(12)5-7(11)9(14)15-10/h5-6H,3H2,1-2H3,(H2,14,15). The lowest BCUT2D eigenvalue weighted by Crippen LogP contribution is -2.30. The zero-order chi connectivity index (χ0) is 12.3. The maximum atomic E-state index is 13.4. The highest BCUT2D eigenvalue weighted by Crippen LogP contribution is 2.21. The Morgan fingerprint density at radius 3 is 2.75 bits per heavy atom. The number of rotatable bonds is 3. The third kappa shape index (κ3) is 2.37. The van der Waals surface area contributed by atoms with Gasteiger partial charge in [0.1, 0.15) is 0 Å². The Hall–Kier alpha value is -1.90. The molecule has 0 saturated heterocycles. The highest BCUT2D eigenvalue weighted by Gasteiger charge is 2.17. The van der Waals surface area contributed by atoms with Crippen molar-refractivity contribution in [3.63, 3.8) is 0 Å². The fourth-order valence-corrected chi connectivity index (χ4v) is 1.20. The second-order valence-electron chi connectivity index (χ2n) is 3.48. The first-order chi connectivity index (χ1) is 7.47. The summed E-state index contributed by atoms with van der Waals surface area (Å²) in [6.07, 6.45) is 0.217. The van der Waals surface area contributed by atoms with Crippen LogP contribution in [0.25, 0.3) is 0 Å². The molecule has 1 aromatic rings. The fraction of sp³-hybridized carbons (Fsp3) is 0.400. The van der Waals surface area contributed by atoms with Crippen LogP contribution in [0.3, 0.4) is 0 Å². The molecule has 16 heavy (non-hydrogen) atoms. The molecule has 6 heteroatoms. The molecule has 1 atom stereocenters. The van der Waals surface area contributed by atoms with Gasteiger partial charge in [0, 0.05) is 19.2 Å². The summed E-state index contributed by atoms with van der Waals surface area (Å²) in [5, 5.41) is 8.52. The second-order valence-corrected chi connectivity index (χ2v) is 3.48. The minimum atomic E-state index is -0.886. The van der Waals surface area contributed by atoms with E-state index in [4.69, 9.17) is 11.0 Å². The number of aromatic nitrogens is 1. The lowest BCUT2D eigenvalue weighted by Gasteiger charge is -2.24. The molecule has 0 amide bonds. The summed E-state index contributed by atoms with van der Waals surface area (Å²) in [5.41, 5.74) is 5.26. The molecular weight excluding hydrogens is 214 g/mol. The van der Waals surface area contributed by atoms with Crippen molar-refractivity contribution in [2.75, 3.05) is 17.7 Å². The van der Waals surface area contributed by atoms with Gasteiger partial charge < -0.3 is 10.6 Å². The largest absolute Gasteiger partial charge is 0.381 e. The van der Waals surface area contributed by atoms with Gasteiger partial charge >= 0.3 is 0 Å². The number of nitrogen functional groups attached to an aromatic ring is 1. The predicted octanol–water partition coefficient (Wildman–Crippen LogP) is 1.68. The number of nitrogens with zero attached hydrogens (tertiary/aromatic N) is 3. The van der Waals surface area contributed by atoms with Crippen LogP contribution < -0.4 is 10.6 Å². The average molecular weight is 226 g/mol. The van der Waals surface area contributed by atoms with E-state index in [0.717, 1.165) is 0 Å². The second kappa shape index (κ2) is 4.75. The average Bonchev–Trinajstić information content (AvgIpc) is 2.23. The summed E-state index contributed by atoms with van der Waals surface area (Å²) in [5.74, 6) is -2.09. The van der Waals surface area contributed by atoms with Crippen molar-refractivity contribution in [3.05, 3.63) is 17.7 Å². The summed E-state index contributed by atoms with van der Waals surface area (Å²) in [6, 6.07) is 2.43. The molecule has 0 aliphatic heterocycles. The number of anilines is 2. The summed E-state index contributed by atoms with van der Waals surface area (Å²) in [4.78, 5) is 5.07. The van der Waals surface area contributed by atoms with Gasteiger partial charge in [-0.05, 0) is 6.92 Å². The Morgan fingerprint density at radius 2 is 2.19 bits per heavy atom. The van der Waals surface area contributed by atoms with Gasteiger partial charge in [-0.15, -0.1) is 0 Å². The Kier molecular flexibility index (Phi) is 3.61. The molecule has 1 unspecified atom stereocenters. The van der Waals surface area contributed by atoms with E-state index in [1.165, 1.54) is 4.90 Å². The molecule has 1 aromatic heterocycles. The van der Waals surface area contributed by atoms with E-state index in [0.29, 0.717) is 6.07 Å². The van der Waals surface area contributed by atoms with Crippen LogP contribution in [0.5, 0.6) is 0 Å². The van der Waals surface area contributed by atoms with Crippen LogP contribution in [0, 0.1) is 23.0 Å². The van der Waals surface area contributed by atoms with Crippen LogP contribution in [0.1, 0.15) is 13.3 Å². The molecular formula is C10H12F2N4. The molecule has 0 bridgehead atoms. The molecule has 0 radical (unpaired) electrons. The molecule has 1 heterocycles. The minimum Gasteiger partial charge on any atom is -0.381 e. The minimum absolute atomic E-state index is 0.0540. The van der Waals surface area contributed by atoms with E-state index in [1.54, 1.807) is 14.0 Å². The lowest BCUT2D eigenvalue weighted by atomic mass is 10.2. The van der Waals surface area contributed by atoms with Gasteiger partial charge in [-0.3, -0.25) is 0 Å². The molecule has 0 aliphatic rings. The smallest absolute Gasteiger partial charge is 0.168 e. The maximum Gasteiger partial charge on any atom is 0.168 e. The molecule has 0 fully saturated rings. The van der Waals surface area contributed by atoms with Gasteiger partial charge in [0.2, 0.25) is 0 Å². The van der Waals surface area contributed by atoms with Crippen molar-refractivity contribution in [1.29, 1.82) is 5.26 Å². The van der Waals surface area contributed by atoms with Crippen molar-refractivity contribution in [2.45, 2.75) is 19.4 Å². The number of halogens is 2. The molecule has 0 aromatic carbocycles. The Bertz CT molecular complexity index is 428. The zero-order valence-electron chi connectivity index (χ0n) is 9.04. The Labute approximate surface area is 92.3 Å². The quantitative estimate of drug-likeness (QED) is 0.851. The summed E-state index contributed by atoms with van der Waals surface area (Å²) < 4.78 is 26.3. The SMILES string of the molecule is CC(CC#N)N(C)c1nc(N)c(F)cc1F. The van der Waals surface area contributed by atoms with E-state index in [-0.39, 0.29) is 24.1 Å². The third-order valence-electron chi connectivity index (χ3n) is 2.32. The summed E-state index contributed by atoms with van der Waals surface area (Å²) >= 11 is 0. The van der Waals surface area contributed by atoms with E-state index in [9.17, 15) is 8.78 Å². The van der Waals surface area contributed by atoms with Gasteiger partial charge in [-0.1, -0.05) is 0 Å². The molecule has 1 rings (SSSR count). The molecule has 2 N–H and O–H groups in total. The number of hydrogen-bond donors (Lipinski definition) is 1. The van der Waals surface area contributed by atoms with Gasteiger partial charge in [0.15, 0.2) is 23.3 Å². The Balaban J connectivity index is 3.04. The highest BCUT2D eigenvalue weighted by molar-refractivity contribution is 5.47. The first-order valence-corrected chi connectivity index (χ1v) is 4.68. The van der Waals surface area contributed by atoms with Crippen LogP contribution >= 0.6 is 0 Å². The van der Waals surface area contributed by atoms with E-state index >= 15 is 0 Å². The normalized spacial score (nSPS) is 11.9. The predicted molar refractivity (Wildman–Crippen MR) is 56.7 cm³/mol. The van der Waals surface area contributed by atoms with Gasteiger partial charge in [0.25, 0.3) is 0 Å². The Morgan fingerprint density at radius 1 is 1.56 bits per heavy atom. The van der Waals surface area contributed by atoms with Gasteiger partial charge in [-0.2, -0.15) is 5.26 Å². The molecule has 86 valence electrons. The number of hydrogen-bond acceptors (Lipinski definition) is 4. The van der Waals surface area contributed by atoms with Crippen molar-refractivity contribution in [2.24, 2.45) is 0 Å². The number of pyridine rings is 1. The van der Waals surface area contributed by atoms with Crippen LogP contribution in [-0.4, -0.2) is 18.1 Å². The molecule has 0 spiro atoms. The third-order valence-corrected chi connectivity index (χ3v) is 2.32. The fourth-order valence-electron chi connectivity index (χ4n) is 1.20. The first kappa shape index (κ1) is 12.2. The summed E-state index contributed by atoms with van der Waals surface area (Å²) in [6.45, 7) is 1.74. The van der Waals surface area contributed by atoms with Gasteiger partial charge in [-0.25, -0.2) is 13.8 Å². The number of nitriles is 1. The highest BCUT2D eigenvalue weighted by atomic mass is 19.1.